The van der Waals surface area contributed by atoms with Gasteiger partial charge in [0.1, 0.15) is 16.4 Å². The van der Waals surface area contributed by atoms with Crippen molar-refractivity contribution < 1.29 is 18.3 Å². The Hall–Kier alpha value is -1.27. The summed E-state index contributed by atoms with van der Waals surface area (Å²) in [5.74, 6) is -0.735. The van der Waals surface area contributed by atoms with Gasteiger partial charge in [-0.05, 0) is 31.0 Å². The van der Waals surface area contributed by atoms with Crippen molar-refractivity contribution in [1.82, 2.24) is 0 Å². The highest BCUT2D eigenvalue weighted by atomic mass is 35.5. The third kappa shape index (κ3) is 3.86. The highest BCUT2D eigenvalue weighted by Crippen LogP contribution is 2.26. The van der Waals surface area contributed by atoms with Gasteiger partial charge in [0.05, 0.1) is 11.5 Å². The zero-order valence-electron chi connectivity index (χ0n) is 10.8. The van der Waals surface area contributed by atoms with E-state index in [-0.39, 0.29) is 24.1 Å². The average molecular weight is 318 g/mol. The lowest BCUT2D eigenvalue weighted by atomic mass is 10.1. The summed E-state index contributed by atoms with van der Waals surface area (Å²) in [5.41, 5.74) is 0.712. The van der Waals surface area contributed by atoms with Gasteiger partial charge in [0.2, 0.25) is 0 Å². The number of benzene rings is 1. The van der Waals surface area contributed by atoms with Crippen LogP contribution in [0.3, 0.4) is 0 Å². The number of nitrogens with zero attached hydrogens (tertiary/aromatic N) is 1. The van der Waals surface area contributed by atoms with Crippen molar-refractivity contribution in [3.8, 4) is 0 Å². The van der Waals surface area contributed by atoms with Crippen LogP contribution >= 0.6 is 11.6 Å². The number of carboxylic acids is 1. The Labute approximate surface area is 123 Å². The van der Waals surface area contributed by atoms with Gasteiger partial charge in [0.15, 0.2) is 0 Å². The normalized spacial score (nSPS) is 18.6. The summed E-state index contributed by atoms with van der Waals surface area (Å²) in [6, 6.07) is 6.88. The van der Waals surface area contributed by atoms with Crippen molar-refractivity contribution in [1.29, 1.82) is 0 Å². The Morgan fingerprint density at radius 3 is 2.55 bits per heavy atom. The molecule has 0 atom stereocenters. The summed E-state index contributed by atoms with van der Waals surface area (Å²) in [4.78, 5) is 12.8. The minimum atomic E-state index is -2.97. The number of anilines is 1. The topological polar surface area (TPSA) is 74.7 Å². The Kier molecular flexibility index (Phi) is 4.55. The maximum absolute atomic E-state index is 11.5. The summed E-state index contributed by atoms with van der Waals surface area (Å²) >= 11 is 5.94. The van der Waals surface area contributed by atoms with Crippen LogP contribution < -0.4 is 4.90 Å². The summed E-state index contributed by atoms with van der Waals surface area (Å²) in [5, 5.41) is 9.58. The second kappa shape index (κ2) is 6.01. The fraction of sp³-hybridized carbons (Fsp3) is 0.462. The molecule has 1 aliphatic rings. The molecule has 5 nitrogen and oxygen atoms in total. The molecule has 2 rings (SSSR count). The number of rotatable bonds is 4. The molecule has 0 aliphatic carbocycles. The second-order valence-corrected chi connectivity index (χ2v) is 7.62. The van der Waals surface area contributed by atoms with Crippen molar-refractivity contribution in [2.24, 2.45) is 0 Å². The molecule has 0 radical (unpaired) electrons. The molecule has 0 saturated carbocycles. The van der Waals surface area contributed by atoms with E-state index in [2.05, 4.69) is 0 Å². The van der Waals surface area contributed by atoms with E-state index in [0.717, 1.165) is 0 Å². The van der Waals surface area contributed by atoms with Gasteiger partial charge in [0, 0.05) is 16.8 Å². The second-order valence-electron chi connectivity index (χ2n) is 4.88. The van der Waals surface area contributed by atoms with Crippen LogP contribution in [0.2, 0.25) is 5.02 Å². The van der Waals surface area contributed by atoms with Gasteiger partial charge in [-0.2, -0.15) is 0 Å². The number of aliphatic carboxylic acids is 1. The smallest absolute Gasteiger partial charge is 0.323 e. The van der Waals surface area contributed by atoms with Gasteiger partial charge in [0.25, 0.3) is 0 Å². The maximum Gasteiger partial charge on any atom is 0.323 e. The van der Waals surface area contributed by atoms with Crippen molar-refractivity contribution >= 4 is 33.1 Å². The number of carboxylic acid groups (broad SMARTS) is 1. The third-order valence-electron chi connectivity index (χ3n) is 3.41. The molecule has 20 heavy (non-hydrogen) atoms. The SMILES string of the molecule is O=C(O)CN(c1cccc(Cl)c1)C1CCS(=O)(=O)CC1. The quantitative estimate of drug-likeness (QED) is 0.916. The van der Waals surface area contributed by atoms with Crippen LogP contribution in [0.25, 0.3) is 0 Å². The molecule has 1 saturated heterocycles. The molecule has 7 heteroatoms. The molecule has 1 fully saturated rings. The van der Waals surface area contributed by atoms with Gasteiger partial charge in [-0.3, -0.25) is 4.79 Å². The number of hydrogen-bond donors (Lipinski definition) is 1. The standard InChI is InChI=1S/C13H16ClNO4S/c14-10-2-1-3-12(8-10)15(9-13(16)17)11-4-6-20(18,19)7-5-11/h1-3,8,11H,4-7,9H2,(H,16,17). The largest absolute Gasteiger partial charge is 0.480 e. The molecule has 0 spiro atoms. The molecule has 0 bridgehead atoms. The van der Waals surface area contributed by atoms with E-state index in [9.17, 15) is 13.2 Å². The zero-order valence-corrected chi connectivity index (χ0v) is 12.4. The van der Waals surface area contributed by atoms with Crippen LogP contribution in [0.5, 0.6) is 0 Å². The predicted molar refractivity (Wildman–Crippen MR) is 78.1 cm³/mol. The van der Waals surface area contributed by atoms with E-state index in [1.807, 2.05) is 0 Å². The van der Waals surface area contributed by atoms with E-state index in [1.54, 1.807) is 29.2 Å². The van der Waals surface area contributed by atoms with E-state index in [4.69, 9.17) is 16.7 Å². The predicted octanol–water partition coefficient (Wildman–Crippen LogP) is 1.81. The molecular formula is C13H16ClNO4S. The summed E-state index contributed by atoms with van der Waals surface area (Å²) in [6.45, 7) is -0.162. The lowest BCUT2D eigenvalue weighted by molar-refractivity contribution is -0.135. The van der Waals surface area contributed by atoms with Gasteiger partial charge < -0.3 is 10.0 Å². The number of carbonyl (C=O) groups is 1. The monoisotopic (exact) mass is 317 g/mol. The fourth-order valence-corrected chi connectivity index (χ4v) is 4.07. The average Bonchev–Trinajstić information content (AvgIpc) is 2.36. The van der Waals surface area contributed by atoms with Gasteiger partial charge >= 0.3 is 5.97 Å². The lowest BCUT2D eigenvalue weighted by Crippen LogP contribution is -2.44. The maximum atomic E-state index is 11.5. The molecular weight excluding hydrogens is 302 g/mol. The van der Waals surface area contributed by atoms with E-state index in [1.165, 1.54) is 0 Å². The minimum absolute atomic E-state index is 0.0897. The molecule has 110 valence electrons. The van der Waals surface area contributed by atoms with Gasteiger partial charge in [-0.1, -0.05) is 17.7 Å². The molecule has 1 aromatic rings. The van der Waals surface area contributed by atoms with Crippen molar-refractivity contribution in [3.05, 3.63) is 29.3 Å². The van der Waals surface area contributed by atoms with E-state index < -0.39 is 15.8 Å². The first-order chi connectivity index (χ1) is 9.37. The van der Waals surface area contributed by atoms with Crippen LogP contribution in [-0.2, 0) is 14.6 Å². The third-order valence-corrected chi connectivity index (χ3v) is 5.36. The number of hydrogen-bond acceptors (Lipinski definition) is 4. The molecule has 0 aromatic heterocycles. The van der Waals surface area contributed by atoms with E-state index >= 15 is 0 Å². The fourth-order valence-electron chi connectivity index (χ4n) is 2.42. The first kappa shape index (κ1) is 15.1. The van der Waals surface area contributed by atoms with Gasteiger partial charge in [-0.15, -0.1) is 0 Å². The molecule has 1 N–H and O–H groups in total. The van der Waals surface area contributed by atoms with Crippen LogP contribution in [-0.4, -0.2) is 43.6 Å². The van der Waals surface area contributed by atoms with Crippen LogP contribution in [0.15, 0.2) is 24.3 Å². The first-order valence-corrected chi connectivity index (χ1v) is 8.52. The van der Waals surface area contributed by atoms with Gasteiger partial charge in [-0.25, -0.2) is 8.42 Å². The summed E-state index contributed by atoms with van der Waals surface area (Å²) in [7, 11) is -2.97. The first-order valence-electron chi connectivity index (χ1n) is 6.32. The van der Waals surface area contributed by atoms with Crippen molar-refractivity contribution in [2.75, 3.05) is 23.0 Å². The molecule has 0 unspecified atom stereocenters. The summed E-state index contributed by atoms with van der Waals surface area (Å²) in [6.07, 6.45) is 0.893. The minimum Gasteiger partial charge on any atom is -0.480 e. The van der Waals surface area contributed by atoms with Crippen molar-refractivity contribution in [3.63, 3.8) is 0 Å². The molecule has 1 aliphatic heterocycles. The summed E-state index contributed by atoms with van der Waals surface area (Å²) < 4.78 is 23.0. The van der Waals surface area contributed by atoms with Crippen molar-refractivity contribution in [2.45, 2.75) is 18.9 Å². The Morgan fingerprint density at radius 1 is 1.35 bits per heavy atom. The molecule has 1 aromatic carbocycles. The highest BCUT2D eigenvalue weighted by Gasteiger charge is 2.29. The Balaban J connectivity index is 2.22. The molecule has 0 amide bonds. The number of sulfone groups is 1. The highest BCUT2D eigenvalue weighted by molar-refractivity contribution is 7.91. The molecule has 1 heterocycles. The van der Waals surface area contributed by atoms with Crippen LogP contribution in [0.1, 0.15) is 12.8 Å². The zero-order chi connectivity index (χ0) is 14.8. The van der Waals surface area contributed by atoms with Crippen LogP contribution in [0, 0.1) is 0 Å². The van der Waals surface area contributed by atoms with Crippen LogP contribution in [0.4, 0.5) is 5.69 Å². The lowest BCUT2D eigenvalue weighted by Gasteiger charge is -2.35. The Bertz CT molecular complexity index is 588. The van der Waals surface area contributed by atoms with E-state index in [0.29, 0.717) is 23.6 Å². The number of halogens is 1. The Morgan fingerprint density at radius 2 is 2.00 bits per heavy atom.